The van der Waals surface area contributed by atoms with Crippen LogP contribution < -0.4 is 21.6 Å². The molecule has 0 aliphatic carbocycles. The highest BCUT2D eigenvalue weighted by atomic mass is 31.2. The molecule has 0 saturated heterocycles. The van der Waals surface area contributed by atoms with Crippen LogP contribution in [0.15, 0.2) is 71.8 Å². The Morgan fingerprint density at radius 2 is 1.40 bits per heavy atom. The van der Waals surface area contributed by atoms with E-state index in [0.29, 0.717) is 0 Å². The minimum atomic E-state index is -3.86. The number of nitrogens with zero attached hydrogens (tertiary/aromatic N) is 3. The van der Waals surface area contributed by atoms with Gasteiger partial charge in [-0.2, -0.15) is 4.98 Å². The molecule has 3 rings (SSSR count). The van der Waals surface area contributed by atoms with Gasteiger partial charge in [-0.05, 0) is 37.8 Å². The fourth-order valence-electron chi connectivity index (χ4n) is 4.04. The zero-order chi connectivity index (χ0) is 30.4. The van der Waals surface area contributed by atoms with Crippen molar-refractivity contribution in [2.75, 3.05) is 31.9 Å². The molecule has 0 fully saturated rings. The van der Waals surface area contributed by atoms with E-state index in [-0.39, 0.29) is 45.2 Å². The predicted octanol–water partition coefficient (Wildman–Crippen LogP) is 1.92. The summed E-state index contributed by atoms with van der Waals surface area (Å²) in [5.41, 5.74) is 6.45. The van der Waals surface area contributed by atoms with Crippen LogP contribution >= 0.6 is 7.44 Å². The second-order valence-corrected chi connectivity index (χ2v) is 11.5. The second-order valence-electron chi connectivity index (χ2n) is 9.21. The Morgan fingerprint density at radius 1 is 0.905 bits per heavy atom. The number of hydrogen-bond acceptors (Lipinski definition) is 10. The standard InChI is InChI=1S/C28H37N6O7P/c1-3-40-25(35)23(17-21-11-7-5-8-12-21)32-42(38,20-39-16-15-34-19-30-27(29)31-28(34)37)33-24(26(36)41-4-2)18-22-13-9-6-10-14-22/h5-14,19,23-24H,3-4,15-18,20H2,1-2H3,(H2,29,31,37)(H2,32,33,38)/t23-,24-/m0/s1. The topological polar surface area (TPSA) is 177 Å². The van der Waals surface area contributed by atoms with E-state index in [4.69, 9.17) is 19.9 Å². The van der Waals surface area contributed by atoms with Crippen LogP contribution in [0.4, 0.5) is 5.95 Å². The molecule has 1 heterocycles. The van der Waals surface area contributed by atoms with Gasteiger partial charge in [-0.25, -0.2) is 20.0 Å². The lowest BCUT2D eigenvalue weighted by molar-refractivity contribution is -0.145. The number of hydrogen-bond donors (Lipinski definition) is 3. The molecule has 0 saturated carbocycles. The highest BCUT2D eigenvalue weighted by Crippen LogP contribution is 2.38. The van der Waals surface area contributed by atoms with Gasteiger partial charge in [-0.1, -0.05) is 60.7 Å². The molecule has 13 nitrogen and oxygen atoms in total. The summed E-state index contributed by atoms with van der Waals surface area (Å²) >= 11 is 0. The molecule has 0 radical (unpaired) electrons. The predicted molar refractivity (Wildman–Crippen MR) is 157 cm³/mol. The monoisotopic (exact) mass is 600 g/mol. The van der Waals surface area contributed by atoms with Gasteiger partial charge in [-0.15, -0.1) is 0 Å². The van der Waals surface area contributed by atoms with Gasteiger partial charge in [0.2, 0.25) is 13.4 Å². The largest absolute Gasteiger partial charge is 0.465 e. The quantitative estimate of drug-likeness (QED) is 0.117. The molecule has 0 amide bonds. The molecule has 2 atom stereocenters. The summed E-state index contributed by atoms with van der Waals surface area (Å²) in [6.07, 6.45) is 1.16. The van der Waals surface area contributed by atoms with Crippen LogP contribution in [0.2, 0.25) is 0 Å². The molecule has 0 unspecified atom stereocenters. The van der Waals surface area contributed by atoms with E-state index in [1.807, 2.05) is 60.7 Å². The van der Waals surface area contributed by atoms with Gasteiger partial charge in [0.05, 0.1) is 26.4 Å². The second kappa shape index (κ2) is 16.5. The average molecular weight is 601 g/mol. The minimum absolute atomic E-state index is 0.0496. The van der Waals surface area contributed by atoms with Crippen molar-refractivity contribution in [3.63, 3.8) is 0 Å². The number of esters is 2. The van der Waals surface area contributed by atoms with Crippen LogP contribution in [0.25, 0.3) is 0 Å². The fourth-order valence-corrected chi connectivity index (χ4v) is 6.05. The number of aromatic nitrogens is 3. The third-order valence-electron chi connectivity index (χ3n) is 5.97. The molecular weight excluding hydrogens is 563 g/mol. The van der Waals surface area contributed by atoms with Crippen LogP contribution in [0, 0.1) is 0 Å². The molecule has 2 aromatic carbocycles. The van der Waals surface area contributed by atoms with E-state index >= 15 is 0 Å². The number of ether oxygens (including phenoxy) is 3. The van der Waals surface area contributed by atoms with Crippen molar-refractivity contribution in [3.05, 3.63) is 88.6 Å². The van der Waals surface area contributed by atoms with E-state index in [1.165, 1.54) is 10.9 Å². The van der Waals surface area contributed by atoms with Crippen LogP contribution in [-0.2, 0) is 47.8 Å². The highest BCUT2D eigenvalue weighted by Gasteiger charge is 2.35. The number of carbonyl (C=O) groups is 2. The number of anilines is 1. The molecule has 4 N–H and O–H groups in total. The van der Waals surface area contributed by atoms with E-state index in [9.17, 15) is 18.9 Å². The maximum atomic E-state index is 14.5. The Kier molecular flexibility index (Phi) is 12.8. The Hall–Kier alpha value is -3.90. The number of nitrogen functional groups attached to an aromatic ring is 1. The van der Waals surface area contributed by atoms with Gasteiger partial charge in [0, 0.05) is 0 Å². The molecule has 3 aromatic rings. The first-order valence-electron chi connectivity index (χ1n) is 13.6. The van der Waals surface area contributed by atoms with Gasteiger partial charge < -0.3 is 19.9 Å². The van der Waals surface area contributed by atoms with Crippen LogP contribution in [-0.4, -0.2) is 64.7 Å². The van der Waals surface area contributed by atoms with E-state index in [1.54, 1.807) is 13.8 Å². The lowest BCUT2D eigenvalue weighted by Crippen LogP contribution is -2.46. The number of nitrogens with two attached hydrogens (primary N) is 1. The van der Waals surface area contributed by atoms with E-state index in [2.05, 4.69) is 20.1 Å². The first kappa shape index (κ1) is 32.6. The summed E-state index contributed by atoms with van der Waals surface area (Å²) < 4.78 is 31.9. The van der Waals surface area contributed by atoms with E-state index < -0.39 is 43.5 Å². The molecule has 226 valence electrons. The molecule has 42 heavy (non-hydrogen) atoms. The number of carbonyl (C=O) groups excluding carboxylic acids is 2. The summed E-state index contributed by atoms with van der Waals surface area (Å²) in [6, 6.07) is 16.3. The fraction of sp³-hybridized carbons (Fsp3) is 0.393. The minimum Gasteiger partial charge on any atom is -0.465 e. The molecule has 0 aliphatic rings. The van der Waals surface area contributed by atoms with Gasteiger partial charge in [0.15, 0.2) is 0 Å². The molecule has 0 bridgehead atoms. The van der Waals surface area contributed by atoms with E-state index in [0.717, 1.165) is 11.1 Å². The van der Waals surface area contributed by atoms with Crippen molar-refractivity contribution in [1.82, 2.24) is 24.7 Å². The average Bonchev–Trinajstić information content (AvgIpc) is 2.97. The highest BCUT2D eigenvalue weighted by molar-refractivity contribution is 7.59. The maximum Gasteiger partial charge on any atom is 0.352 e. The molecule has 14 heteroatoms. The smallest absolute Gasteiger partial charge is 0.352 e. The van der Waals surface area contributed by atoms with Gasteiger partial charge >= 0.3 is 17.6 Å². The summed E-state index contributed by atoms with van der Waals surface area (Å²) in [6.45, 7) is 3.60. The number of nitrogens with one attached hydrogen (secondary N) is 2. The first-order chi connectivity index (χ1) is 20.2. The van der Waals surface area contributed by atoms with Gasteiger partial charge in [0.1, 0.15) is 24.8 Å². The van der Waals surface area contributed by atoms with Crippen molar-refractivity contribution in [2.24, 2.45) is 0 Å². The normalized spacial score (nSPS) is 12.8. The molecule has 1 aromatic heterocycles. The zero-order valence-corrected chi connectivity index (χ0v) is 24.6. The summed E-state index contributed by atoms with van der Waals surface area (Å²) in [5.74, 6) is -1.36. The Bertz CT molecular complexity index is 1320. The van der Waals surface area contributed by atoms with Crippen molar-refractivity contribution >= 4 is 25.3 Å². The Labute approximate surface area is 244 Å². The molecular formula is C28H37N6O7P. The number of benzene rings is 2. The van der Waals surface area contributed by atoms with Gasteiger partial charge in [-0.3, -0.25) is 18.7 Å². The summed E-state index contributed by atoms with van der Waals surface area (Å²) in [7, 11) is -3.86. The van der Waals surface area contributed by atoms with Crippen molar-refractivity contribution in [2.45, 2.75) is 45.3 Å². The third kappa shape index (κ3) is 10.5. The Morgan fingerprint density at radius 3 is 1.86 bits per heavy atom. The first-order valence-corrected chi connectivity index (χ1v) is 15.4. The van der Waals surface area contributed by atoms with Crippen LogP contribution in [0.5, 0.6) is 0 Å². The van der Waals surface area contributed by atoms with Crippen molar-refractivity contribution in [3.8, 4) is 0 Å². The van der Waals surface area contributed by atoms with Crippen molar-refractivity contribution < 1.29 is 28.4 Å². The lowest BCUT2D eigenvalue weighted by atomic mass is 10.1. The third-order valence-corrected chi connectivity index (χ3v) is 7.97. The summed E-state index contributed by atoms with van der Waals surface area (Å²) in [4.78, 5) is 45.4. The summed E-state index contributed by atoms with van der Waals surface area (Å²) in [5, 5.41) is 5.84. The maximum absolute atomic E-state index is 14.5. The van der Waals surface area contributed by atoms with Crippen LogP contribution in [0.3, 0.4) is 0 Å². The molecule has 0 aliphatic heterocycles. The van der Waals surface area contributed by atoms with Gasteiger partial charge in [0.25, 0.3) is 0 Å². The molecule has 0 spiro atoms. The number of rotatable bonds is 17. The SMILES string of the molecule is CCOC(=O)[C@H](Cc1ccccc1)NP(=O)(COCCn1cnc(N)nc1=O)N[C@@H](Cc1ccccc1)C(=O)OCC. The zero-order valence-electron chi connectivity index (χ0n) is 23.7. The Balaban J connectivity index is 1.86. The van der Waals surface area contributed by atoms with Crippen LogP contribution in [0.1, 0.15) is 25.0 Å². The lowest BCUT2D eigenvalue weighted by Gasteiger charge is -2.29. The van der Waals surface area contributed by atoms with Crippen molar-refractivity contribution in [1.29, 1.82) is 0 Å².